The van der Waals surface area contributed by atoms with Gasteiger partial charge in [0.25, 0.3) is 0 Å². The maximum absolute atomic E-state index is 13.1. The van der Waals surface area contributed by atoms with Crippen molar-refractivity contribution in [2.45, 2.75) is 20.0 Å². The minimum atomic E-state index is -0.976. The summed E-state index contributed by atoms with van der Waals surface area (Å²) in [5.41, 5.74) is 5.81. The van der Waals surface area contributed by atoms with Gasteiger partial charge in [-0.2, -0.15) is 15.0 Å². The average Bonchev–Trinajstić information content (AvgIpc) is 2.32. The summed E-state index contributed by atoms with van der Waals surface area (Å²) in [5.74, 6) is -1.87. The molecule has 0 amide bonds. The number of nitrogens with one attached hydrogen (secondary N) is 1. The maximum atomic E-state index is 13.1. The highest BCUT2D eigenvalue weighted by molar-refractivity contribution is 5.54. The highest BCUT2D eigenvalue weighted by Crippen LogP contribution is 2.18. The molecule has 1 aromatic heterocycles. The molecule has 0 spiro atoms. The van der Waals surface area contributed by atoms with Gasteiger partial charge in [-0.3, -0.25) is 0 Å². The van der Waals surface area contributed by atoms with Crippen molar-refractivity contribution in [3.63, 3.8) is 0 Å². The van der Waals surface area contributed by atoms with E-state index in [2.05, 4.69) is 20.3 Å². The summed E-state index contributed by atoms with van der Waals surface area (Å²) < 4.78 is 31.2. The van der Waals surface area contributed by atoms with E-state index in [4.69, 9.17) is 10.5 Å². The Balaban J connectivity index is 2.24. The van der Waals surface area contributed by atoms with Gasteiger partial charge in [-0.25, -0.2) is 8.78 Å². The third-order valence-corrected chi connectivity index (χ3v) is 2.15. The van der Waals surface area contributed by atoms with Gasteiger partial charge in [0.15, 0.2) is 11.6 Å². The molecule has 0 saturated carbocycles. The second-order valence-electron chi connectivity index (χ2n) is 4.22. The minimum absolute atomic E-state index is 0.0410. The maximum Gasteiger partial charge on any atom is 0.323 e. The molecule has 0 aliphatic carbocycles. The molecule has 3 N–H and O–H groups in total. The van der Waals surface area contributed by atoms with Crippen molar-refractivity contribution < 1.29 is 13.5 Å². The zero-order chi connectivity index (χ0) is 14.7. The van der Waals surface area contributed by atoms with Crippen LogP contribution in [0.3, 0.4) is 0 Å². The lowest BCUT2D eigenvalue weighted by Crippen LogP contribution is -2.11. The van der Waals surface area contributed by atoms with Gasteiger partial charge >= 0.3 is 6.01 Å². The molecule has 8 heteroatoms. The van der Waals surface area contributed by atoms with Crippen LogP contribution in [-0.4, -0.2) is 21.1 Å². The lowest BCUT2D eigenvalue weighted by atomic mass is 10.3. The number of nitrogens with zero attached hydrogens (tertiary/aromatic N) is 3. The van der Waals surface area contributed by atoms with Gasteiger partial charge in [0, 0.05) is 11.8 Å². The number of anilines is 3. The predicted octanol–water partition coefficient (Wildman–Crippen LogP) is 2.26. The highest BCUT2D eigenvalue weighted by atomic mass is 19.2. The zero-order valence-electron chi connectivity index (χ0n) is 10.9. The highest BCUT2D eigenvalue weighted by Gasteiger charge is 2.09. The quantitative estimate of drug-likeness (QED) is 0.894. The molecule has 2 rings (SSSR count). The van der Waals surface area contributed by atoms with Crippen molar-refractivity contribution in [1.29, 1.82) is 0 Å². The zero-order valence-corrected chi connectivity index (χ0v) is 10.9. The standard InChI is InChI=1S/C12H13F2N5O/c1-6(2)20-12-18-10(15)17-11(19-12)16-7-3-4-8(13)9(14)5-7/h3-6H,1-2H3,(H3,15,16,17,18,19). The Morgan fingerprint density at radius 2 is 1.90 bits per heavy atom. The van der Waals surface area contributed by atoms with Crippen molar-refractivity contribution in [2.75, 3.05) is 11.1 Å². The van der Waals surface area contributed by atoms with Crippen molar-refractivity contribution >= 4 is 17.6 Å². The van der Waals surface area contributed by atoms with Gasteiger partial charge < -0.3 is 15.8 Å². The van der Waals surface area contributed by atoms with Crippen LogP contribution in [0.1, 0.15) is 13.8 Å². The second kappa shape index (κ2) is 5.64. The lowest BCUT2D eigenvalue weighted by molar-refractivity contribution is 0.222. The first-order chi connectivity index (χ1) is 9.44. The van der Waals surface area contributed by atoms with Crippen LogP contribution in [0, 0.1) is 11.6 Å². The molecular formula is C12H13F2N5O. The number of hydrogen-bond donors (Lipinski definition) is 2. The fourth-order valence-corrected chi connectivity index (χ4v) is 1.39. The molecule has 0 radical (unpaired) electrons. The number of nitrogens with two attached hydrogens (primary N) is 1. The van der Waals surface area contributed by atoms with E-state index in [-0.39, 0.29) is 29.7 Å². The first kappa shape index (κ1) is 13.9. The summed E-state index contributed by atoms with van der Waals surface area (Å²) in [6, 6.07) is 3.38. The molecule has 1 heterocycles. The SMILES string of the molecule is CC(C)Oc1nc(N)nc(Nc2ccc(F)c(F)c2)n1. The number of halogens is 2. The van der Waals surface area contributed by atoms with Crippen LogP contribution >= 0.6 is 0 Å². The van der Waals surface area contributed by atoms with Crippen LogP contribution in [0.4, 0.5) is 26.4 Å². The summed E-state index contributed by atoms with van der Waals surface area (Å²) in [5, 5.41) is 2.70. The van der Waals surface area contributed by atoms with Gasteiger partial charge in [-0.1, -0.05) is 0 Å². The van der Waals surface area contributed by atoms with Crippen molar-refractivity contribution in [3.8, 4) is 6.01 Å². The Morgan fingerprint density at radius 3 is 2.55 bits per heavy atom. The number of aromatic nitrogens is 3. The summed E-state index contributed by atoms with van der Waals surface area (Å²) in [7, 11) is 0. The van der Waals surface area contributed by atoms with E-state index in [0.29, 0.717) is 0 Å². The molecular weight excluding hydrogens is 268 g/mol. The van der Waals surface area contributed by atoms with Crippen molar-refractivity contribution in [1.82, 2.24) is 15.0 Å². The largest absolute Gasteiger partial charge is 0.461 e. The molecule has 106 valence electrons. The monoisotopic (exact) mass is 281 g/mol. The Labute approximate surface area is 114 Å². The number of ether oxygens (including phenoxy) is 1. The third-order valence-electron chi connectivity index (χ3n) is 2.15. The molecule has 6 nitrogen and oxygen atoms in total. The summed E-state index contributed by atoms with van der Waals surface area (Å²) in [4.78, 5) is 11.6. The molecule has 0 fully saturated rings. The third kappa shape index (κ3) is 3.50. The van der Waals surface area contributed by atoms with E-state index in [1.165, 1.54) is 6.07 Å². The normalized spacial score (nSPS) is 10.7. The molecule has 20 heavy (non-hydrogen) atoms. The minimum Gasteiger partial charge on any atom is -0.461 e. The summed E-state index contributed by atoms with van der Waals surface area (Å²) in [6.45, 7) is 3.62. The van der Waals surface area contributed by atoms with Gasteiger partial charge in [0.1, 0.15) is 0 Å². The molecule has 0 unspecified atom stereocenters. The molecule has 0 aliphatic rings. The smallest absolute Gasteiger partial charge is 0.323 e. The number of benzene rings is 1. The first-order valence-corrected chi connectivity index (χ1v) is 5.84. The van der Waals surface area contributed by atoms with E-state index in [1.807, 2.05) is 13.8 Å². The second-order valence-corrected chi connectivity index (χ2v) is 4.22. The number of rotatable bonds is 4. The van der Waals surface area contributed by atoms with Gasteiger partial charge in [-0.05, 0) is 26.0 Å². The van der Waals surface area contributed by atoms with Crippen LogP contribution in [0.5, 0.6) is 6.01 Å². The Morgan fingerprint density at radius 1 is 1.15 bits per heavy atom. The van der Waals surface area contributed by atoms with E-state index in [1.54, 1.807) is 0 Å². The van der Waals surface area contributed by atoms with Crippen LogP contribution in [-0.2, 0) is 0 Å². The molecule has 0 bridgehead atoms. The molecule has 1 aromatic carbocycles. The van der Waals surface area contributed by atoms with Crippen LogP contribution < -0.4 is 15.8 Å². The Bertz CT molecular complexity index is 621. The van der Waals surface area contributed by atoms with Gasteiger partial charge in [0.2, 0.25) is 11.9 Å². The Hall–Kier alpha value is -2.51. The Kier molecular flexibility index (Phi) is 3.92. The first-order valence-electron chi connectivity index (χ1n) is 5.84. The molecule has 0 aliphatic heterocycles. The fraction of sp³-hybridized carbons (Fsp3) is 0.250. The van der Waals surface area contributed by atoms with Crippen LogP contribution in [0.25, 0.3) is 0 Å². The molecule has 2 aromatic rings. The van der Waals surface area contributed by atoms with E-state index < -0.39 is 11.6 Å². The van der Waals surface area contributed by atoms with E-state index in [0.717, 1.165) is 12.1 Å². The molecule has 0 atom stereocenters. The van der Waals surface area contributed by atoms with Crippen molar-refractivity contribution in [2.24, 2.45) is 0 Å². The number of hydrogen-bond acceptors (Lipinski definition) is 6. The average molecular weight is 281 g/mol. The summed E-state index contributed by atoms with van der Waals surface area (Å²) in [6.07, 6.45) is -0.132. The molecule has 0 saturated heterocycles. The van der Waals surface area contributed by atoms with Gasteiger partial charge in [0.05, 0.1) is 6.10 Å². The van der Waals surface area contributed by atoms with Crippen LogP contribution in [0.2, 0.25) is 0 Å². The fourth-order valence-electron chi connectivity index (χ4n) is 1.39. The topological polar surface area (TPSA) is 86.0 Å². The lowest BCUT2D eigenvalue weighted by Gasteiger charge is -2.10. The van der Waals surface area contributed by atoms with Crippen LogP contribution in [0.15, 0.2) is 18.2 Å². The van der Waals surface area contributed by atoms with Gasteiger partial charge in [-0.15, -0.1) is 0 Å². The number of nitrogen functional groups attached to an aromatic ring is 1. The van der Waals surface area contributed by atoms with E-state index >= 15 is 0 Å². The predicted molar refractivity (Wildman–Crippen MR) is 69.6 cm³/mol. The van der Waals surface area contributed by atoms with E-state index in [9.17, 15) is 8.78 Å². The summed E-state index contributed by atoms with van der Waals surface area (Å²) >= 11 is 0. The van der Waals surface area contributed by atoms with Crippen molar-refractivity contribution in [3.05, 3.63) is 29.8 Å².